The highest BCUT2D eigenvalue weighted by molar-refractivity contribution is 7.12. The van der Waals surface area contributed by atoms with Crippen LogP contribution in [0.1, 0.15) is 47.2 Å². The summed E-state index contributed by atoms with van der Waals surface area (Å²) < 4.78 is 0. The maximum atomic E-state index is 12.7. The van der Waals surface area contributed by atoms with E-state index in [1.54, 1.807) is 24.3 Å². The molecular formula is C23H24N2O2S. The zero-order valence-corrected chi connectivity index (χ0v) is 17.1. The minimum atomic E-state index is -0.253. The predicted molar refractivity (Wildman–Crippen MR) is 116 cm³/mol. The SMILES string of the molecule is CCC(C)(C)NC(=O)c1ccc(NC(=O)c2sccc2-c2ccccc2)cc1. The summed E-state index contributed by atoms with van der Waals surface area (Å²) in [6, 6.07) is 18.8. The van der Waals surface area contributed by atoms with Gasteiger partial charge in [0.25, 0.3) is 11.8 Å². The second kappa shape index (κ2) is 8.40. The third kappa shape index (κ3) is 4.67. The fraction of sp³-hybridized carbons (Fsp3) is 0.217. The molecule has 0 fully saturated rings. The molecule has 1 aromatic heterocycles. The molecule has 144 valence electrons. The first kappa shape index (κ1) is 19.8. The van der Waals surface area contributed by atoms with Crippen LogP contribution in [-0.2, 0) is 0 Å². The van der Waals surface area contributed by atoms with Gasteiger partial charge in [-0.05, 0) is 61.5 Å². The maximum absolute atomic E-state index is 12.7. The lowest BCUT2D eigenvalue weighted by Crippen LogP contribution is -2.42. The molecule has 5 heteroatoms. The van der Waals surface area contributed by atoms with Gasteiger partial charge in [-0.15, -0.1) is 11.3 Å². The van der Waals surface area contributed by atoms with Crippen molar-refractivity contribution >= 4 is 28.8 Å². The van der Waals surface area contributed by atoms with Crippen LogP contribution in [0.15, 0.2) is 66.0 Å². The van der Waals surface area contributed by atoms with Crippen molar-refractivity contribution < 1.29 is 9.59 Å². The Morgan fingerprint density at radius 1 is 0.929 bits per heavy atom. The Kier molecular flexibility index (Phi) is 5.95. The van der Waals surface area contributed by atoms with Gasteiger partial charge in [0.2, 0.25) is 0 Å². The van der Waals surface area contributed by atoms with Crippen molar-refractivity contribution in [3.05, 3.63) is 76.5 Å². The van der Waals surface area contributed by atoms with Gasteiger partial charge in [0.15, 0.2) is 0 Å². The number of carbonyl (C=O) groups excluding carboxylic acids is 2. The van der Waals surface area contributed by atoms with Gasteiger partial charge in [0.05, 0.1) is 4.88 Å². The van der Waals surface area contributed by atoms with Crippen LogP contribution < -0.4 is 10.6 Å². The molecule has 0 saturated heterocycles. The molecule has 3 aromatic rings. The Hall–Kier alpha value is -2.92. The molecule has 0 aliphatic heterocycles. The summed E-state index contributed by atoms with van der Waals surface area (Å²) in [5, 5.41) is 7.84. The second-order valence-electron chi connectivity index (χ2n) is 7.25. The number of carbonyl (C=O) groups is 2. The molecule has 3 rings (SSSR count). The van der Waals surface area contributed by atoms with E-state index in [1.807, 2.05) is 62.5 Å². The van der Waals surface area contributed by atoms with E-state index in [4.69, 9.17) is 0 Å². The fourth-order valence-corrected chi connectivity index (χ4v) is 3.50. The first-order valence-electron chi connectivity index (χ1n) is 9.26. The van der Waals surface area contributed by atoms with Crippen LogP contribution in [0.5, 0.6) is 0 Å². The molecule has 0 spiro atoms. The smallest absolute Gasteiger partial charge is 0.266 e. The molecule has 2 aromatic carbocycles. The molecule has 0 aliphatic rings. The van der Waals surface area contributed by atoms with Crippen LogP contribution in [0.2, 0.25) is 0 Å². The summed E-state index contributed by atoms with van der Waals surface area (Å²) in [6.45, 7) is 6.02. The van der Waals surface area contributed by atoms with Crippen molar-refractivity contribution in [2.75, 3.05) is 5.32 Å². The van der Waals surface area contributed by atoms with Gasteiger partial charge in [-0.25, -0.2) is 0 Å². The molecule has 0 aliphatic carbocycles. The molecular weight excluding hydrogens is 368 g/mol. The summed E-state index contributed by atoms with van der Waals surface area (Å²) in [4.78, 5) is 25.7. The summed E-state index contributed by atoms with van der Waals surface area (Å²) in [5.74, 6) is -0.271. The monoisotopic (exact) mass is 392 g/mol. The molecule has 0 unspecified atom stereocenters. The molecule has 2 N–H and O–H groups in total. The van der Waals surface area contributed by atoms with Crippen LogP contribution in [0, 0.1) is 0 Å². The summed E-state index contributed by atoms with van der Waals surface area (Å²) in [5.41, 5.74) is 2.90. The average molecular weight is 393 g/mol. The van der Waals surface area contributed by atoms with Crippen LogP contribution in [0.25, 0.3) is 11.1 Å². The summed E-state index contributed by atoms with van der Waals surface area (Å²) in [7, 11) is 0. The van der Waals surface area contributed by atoms with Gasteiger partial charge >= 0.3 is 0 Å². The van der Waals surface area contributed by atoms with Crippen LogP contribution in [0.4, 0.5) is 5.69 Å². The van der Waals surface area contributed by atoms with Crippen molar-refractivity contribution in [1.82, 2.24) is 5.32 Å². The summed E-state index contributed by atoms with van der Waals surface area (Å²) >= 11 is 1.41. The Bertz CT molecular complexity index is 960. The van der Waals surface area contributed by atoms with Gasteiger partial charge in [-0.3, -0.25) is 9.59 Å². The molecule has 1 heterocycles. The van der Waals surface area contributed by atoms with E-state index in [0.717, 1.165) is 17.5 Å². The van der Waals surface area contributed by atoms with Crippen molar-refractivity contribution in [2.45, 2.75) is 32.7 Å². The number of benzene rings is 2. The van der Waals surface area contributed by atoms with Crippen molar-refractivity contribution in [2.24, 2.45) is 0 Å². The standard InChI is InChI=1S/C23H24N2O2S/c1-4-23(2,3)25-21(26)17-10-12-18(13-11-17)24-22(27)20-19(14-15-28-20)16-8-6-5-7-9-16/h5-15H,4H2,1-3H3,(H,24,27)(H,25,26). The highest BCUT2D eigenvalue weighted by Crippen LogP contribution is 2.29. The van der Waals surface area contributed by atoms with E-state index >= 15 is 0 Å². The number of rotatable bonds is 6. The van der Waals surface area contributed by atoms with Crippen LogP contribution >= 0.6 is 11.3 Å². The topological polar surface area (TPSA) is 58.2 Å². The quantitative estimate of drug-likeness (QED) is 0.575. The third-order valence-electron chi connectivity index (χ3n) is 4.70. The van der Waals surface area contributed by atoms with E-state index in [1.165, 1.54) is 11.3 Å². The average Bonchev–Trinajstić information content (AvgIpc) is 3.19. The predicted octanol–water partition coefficient (Wildman–Crippen LogP) is 5.59. The number of hydrogen-bond acceptors (Lipinski definition) is 3. The van der Waals surface area contributed by atoms with Gasteiger partial charge in [-0.2, -0.15) is 0 Å². The number of hydrogen-bond donors (Lipinski definition) is 2. The number of thiophene rings is 1. The lowest BCUT2D eigenvalue weighted by Gasteiger charge is -2.24. The van der Waals surface area contributed by atoms with Crippen molar-refractivity contribution in [3.8, 4) is 11.1 Å². The van der Waals surface area contributed by atoms with Crippen LogP contribution in [-0.4, -0.2) is 17.4 Å². The van der Waals surface area contributed by atoms with E-state index in [2.05, 4.69) is 10.6 Å². The van der Waals surface area contributed by atoms with Gasteiger partial charge < -0.3 is 10.6 Å². The largest absolute Gasteiger partial charge is 0.347 e. The van der Waals surface area contributed by atoms with E-state index in [0.29, 0.717) is 16.1 Å². The lowest BCUT2D eigenvalue weighted by molar-refractivity contribution is 0.0911. The molecule has 0 bridgehead atoms. The van der Waals surface area contributed by atoms with E-state index in [9.17, 15) is 9.59 Å². The summed E-state index contributed by atoms with van der Waals surface area (Å²) in [6.07, 6.45) is 0.845. The highest BCUT2D eigenvalue weighted by atomic mass is 32.1. The minimum Gasteiger partial charge on any atom is -0.347 e. The van der Waals surface area contributed by atoms with Crippen molar-refractivity contribution in [3.63, 3.8) is 0 Å². The van der Waals surface area contributed by atoms with E-state index in [-0.39, 0.29) is 17.4 Å². The maximum Gasteiger partial charge on any atom is 0.266 e. The van der Waals surface area contributed by atoms with Gasteiger partial charge in [-0.1, -0.05) is 37.3 Å². The zero-order chi connectivity index (χ0) is 20.1. The first-order chi connectivity index (χ1) is 13.4. The second-order valence-corrected chi connectivity index (χ2v) is 8.17. The molecule has 28 heavy (non-hydrogen) atoms. The molecule has 0 saturated carbocycles. The number of nitrogens with one attached hydrogen (secondary N) is 2. The molecule has 0 atom stereocenters. The highest BCUT2D eigenvalue weighted by Gasteiger charge is 2.19. The van der Waals surface area contributed by atoms with Gasteiger partial charge in [0.1, 0.15) is 0 Å². The van der Waals surface area contributed by atoms with Crippen molar-refractivity contribution in [1.29, 1.82) is 0 Å². The number of amides is 2. The molecule has 4 nitrogen and oxygen atoms in total. The Labute approximate surface area is 169 Å². The van der Waals surface area contributed by atoms with Gasteiger partial charge in [0, 0.05) is 22.4 Å². The molecule has 2 amide bonds. The normalized spacial score (nSPS) is 11.1. The Morgan fingerprint density at radius 2 is 1.61 bits per heavy atom. The van der Waals surface area contributed by atoms with Crippen LogP contribution in [0.3, 0.4) is 0 Å². The third-order valence-corrected chi connectivity index (χ3v) is 5.61. The fourth-order valence-electron chi connectivity index (χ4n) is 2.69. The lowest BCUT2D eigenvalue weighted by atomic mass is 10.0. The first-order valence-corrected chi connectivity index (χ1v) is 10.1. The minimum absolute atomic E-state index is 0.116. The Balaban J connectivity index is 1.71. The number of anilines is 1. The van der Waals surface area contributed by atoms with E-state index < -0.39 is 0 Å². The Morgan fingerprint density at radius 3 is 2.25 bits per heavy atom. The molecule has 0 radical (unpaired) electrons. The zero-order valence-electron chi connectivity index (χ0n) is 16.3.